The normalized spacial score (nSPS) is 24.8. The molecule has 0 radical (unpaired) electrons. The van der Waals surface area contributed by atoms with Crippen LogP contribution in [0, 0.1) is 11.3 Å². The lowest BCUT2D eigenvalue weighted by Gasteiger charge is -2.44. The summed E-state index contributed by atoms with van der Waals surface area (Å²) in [5.41, 5.74) is 0.684. The van der Waals surface area contributed by atoms with Gasteiger partial charge in [-0.05, 0) is 43.4 Å². The molecule has 7 nitrogen and oxygen atoms in total. The fourth-order valence-corrected chi connectivity index (χ4v) is 4.73. The van der Waals surface area contributed by atoms with Gasteiger partial charge < -0.3 is 14.4 Å². The van der Waals surface area contributed by atoms with E-state index in [0.717, 1.165) is 69.1 Å². The monoisotopic (exact) mass is 407 g/mol. The number of hydrogen-bond donors (Lipinski definition) is 0. The number of nitrogens with zero attached hydrogens (tertiary/aromatic N) is 5. The molecule has 2 aromatic rings. The van der Waals surface area contributed by atoms with Crippen LogP contribution in [0.5, 0.6) is 11.6 Å². The summed E-state index contributed by atoms with van der Waals surface area (Å²) in [5.74, 6) is 2.15. The molecule has 1 saturated heterocycles. The lowest BCUT2D eigenvalue weighted by atomic mass is 9.69. The van der Waals surface area contributed by atoms with E-state index in [0.29, 0.717) is 11.9 Å². The van der Waals surface area contributed by atoms with Gasteiger partial charge >= 0.3 is 0 Å². The molecule has 2 aliphatic rings. The van der Waals surface area contributed by atoms with Crippen LogP contribution >= 0.6 is 0 Å². The minimum atomic E-state index is -0.401. The molecule has 0 atom stereocenters. The van der Waals surface area contributed by atoms with Crippen LogP contribution in [-0.2, 0) is 5.41 Å². The third-order valence-corrected chi connectivity index (χ3v) is 6.58. The Bertz CT molecular complexity index is 896. The molecule has 1 saturated carbocycles. The van der Waals surface area contributed by atoms with Crippen LogP contribution in [0.15, 0.2) is 36.5 Å². The highest BCUT2D eigenvalue weighted by Crippen LogP contribution is 2.41. The van der Waals surface area contributed by atoms with Crippen molar-refractivity contribution in [2.45, 2.75) is 37.1 Å². The van der Waals surface area contributed by atoms with E-state index in [1.807, 2.05) is 18.2 Å². The van der Waals surface area contributed by atoms with Gasteiger partial charge in [-0.1, -0.05) is 12.1 Å². The maximum Gasteiger partial charge on any atom is 0.228 e. The quantitative estimate of drug-likeness (QED) is 0.754. The van der Waals surface area contributed by atoms with E-state index in [-0.39, 0.29) is 0 Å². The summed E-state index contributed by atoms with van der Waals surface area (Å²) in [4.78, 5) is 13.6. The summed E-state index contributed by atoms with van der Waals surface area (Å²) in [7, 11) is 3.30. The number of piperazine rings is 1. The fraction of sp³-hybridized carbons (Fsp3) is 0.522. The van der Waals surface area contributed by atoms with Crippen molar-refractivity contribution in [1.29, 1.82) is 5.26 Å². The summed E-state index contributed by atoms with van der Waals surface area (Å²) >= 11 is 0. The first-order chi connectivity index (χ1) is 14.7. The summed E-state index contributed by atoms with van der Waals surface area (Å²) in [6, 6.07) is 13.0. The number of methoxy groups -OCH3 is 2. The summed E-state index contributed by atoms with van der Waals surface area (Å²) in [5, 5.41) is 10.0. The van der Waals surface area contributed by atoms with Crippen molar-refractivity contribution >= 4 is 5.95 Å². The van der Waals surface area contributed by atoms with Gasteiger partial charge in [0.15, 0.2) is 0 Å². The lowest BCUT2D eigenvalue weighted by molar-refractivity contribution is 0.129. The van der Waals surface area contributed by atoms with Gasteiger partial charge in [0.2, 0.25) is 11.8 Å². The second kappa shape index (κ2) is 8.88. The van der Waals surface area contributed by atoms with E-state index >= 15 is 0 Å². The summed E-state index contributed by atoms with van der Waals surface area (Å²) < 4.78 is 10.6. The molecular formula is C23H29N5O2. The van der Waals surface area contributed by atoms with Crippen molar-refractivity contribution < 1.29 is 9.47 Å². The predicted octanol–water partition coefficient (Wildman–Crippen LogP) is 3.02. The molecule has 158 valence electrons. The Balaban J connectivity index is 1.36. The van der Waals surface area contributed by atoms with Crippen molar-refractivity contribution in [1.82, 2.24) is 14.9 Å². The van der Waals surface area contributed by atoms with Gasteiger partial charge in [0.05, 0.1) is 25.7 Å². The van der Waals surface area contributed by atoms with Crippen LogP contribution in [0.4, 0.5) is 5.95 Å². The Labute approximate surface area is 178 Å². The zero-order valence-corrected chi connectivity index (χ0v) is 17.8. The molecule has 0 bridgehead atoms. The second-order valence-corrected chi connectivity index (χ2v) is 8.08. The van der Waals surface area contributed by atoms with Gasteiger partial charge in [0.1, 0.15) is 5.75 Å². The van der Waals surface area contributed by atoms with Crippen LogP contribution in [0.1, 0.15) is 31.2 Å². The summed E-state index contributed by atoms with van der Waals surface area (Å²) in [6.45, 7) is 3.79. The van der Waals surface area contributed by atoms with E-state index in [1.54, 1.807) is 26.5 Å². The molecule has 2 heterocycles. The molecule has 0 N–H and O–H groups in total. The highest BCUT2D eigenvalue weighted by Gasteiger charge is 2.39. The Kier molecular flexibility index (Phi) is 6.05. The number of anilines is 1. The highest BCUT2D eigenvalue weighted by molar-refractivity contribution is 5.39. The van der Waals surface area contributed by atoms with Gasteiger partial charge in [0, 0.05) is 44.5 Å². The predicted molar refractivity (Wildman–Crippen MR) is 115 cm³/mol. The van der Waals surface area contributed by atoms with Gasteiger partial charge in [-0.15, -0.1) is 0 Å². The van der Waals surface area contributed by atoms with Gasteiger partial charge in [0.25, 0.3) is 0 Å². The number of ether oxygens (including phenoxy) is 2. The molecule has 4 rings (SSSR count). The van der Waals surface area contributed by atoms with Crippen LogP contribution < -0.4 is 14.4 Å². The van der Waals surface area contributed by atoms with Crippen molar-refractivity contribution in [2.24, 2.45) is 0 Å². The van der Waals surface area contributed by atoms with Gasteiger partial charge in [-0.25, -0.2) is 4.98 Å². The van der Waals surface area contributed by atoms with Gasteiger partial charge in [-0.2, -0.15) is 10.2 Å². The first-order valence-electron chi connectivity index (χ1n) is 10.6. The number of aromatic nitrogens is 2. The maximum atomic E-state index is 10.0. The zero-order chi connectivity index (χ0) is 21.0. The molecule has 2 fully saturated rings. The van der Waals surface area contributed by atoms with Crippen LogP contribution in [0.3, 0.4) is 0 Å². The third-order valence-electron chi connectivity index (χ3n) is 6.58. The Morgan fingerprint density at radius 1 is 1.07 bits per heavy atom. The SMILES string of the molecule is COc1cccc(C2(C#N)CCC(N3CCN(c4nccc(OC)n4)CC3)CC2)c1. The van der Waals surface area contributed by atoms with E-state index < -0.39 is 5.41 Å². The van der Waals surface area contributed by atoms with Crippen molar-refractivity contribution in [2.75, 3.05) is 45.3 Å². The van der Waals surface area contributed by atoms with E-state index in [9.17, 15) is 5.26 Å². The number of rotatable bonds is 5. The topological polar surface area (TPSA) is 74.5 Å². The lowest BCUT2D eigenvalue weighted by Crippen LogP contribution is -2.52. The number of nitriles is 1. The Hall–Kier alpha value is -2.85. The molecular weight excluding hydrogens is 378 g/mol. The molecule has 1 aliphatic heterocycles. The first kappa shape index (κ1) is 20.4. The van der Waals surface area contributed by atoms with Crippen molar-refractivity contribution in [3.63, 3.8) is 0 Å². The van der Waals surface area contributed by atoms with Crippen molar-refractivity contribution in [3.05, 3.63) is 42.1 Å². The molecule has 7 heteroatoms. The van der Waals surface area contributed by atoms with E-state index in [2.05, 4.69) is 31.9 Å². The zero-order valence-electron chi connectivity index (χ0n) is 17.8. The average Bonchev–Trinajstić information content (AvgIpc) is 2.84. The molecule has 0 unspecified atom stereocenters. The molecule has 0 spiro atoms. The summed E-state index contributed by atoms with van der Waals surface area (Å²) in [6.07, 6.45) is 5.61. The second-order valence-electron chi connectivity index (χ2n) is 8.08. The average molecular weight is 408 g/mol. The molecule has 1 aromatic heterocycles. The van der Waals surface area contributed by atoms with Crippen LogP contribution in [0.25, 0.3) is 0 Å². The Morgan fingerprint density at radius 2 is 1.83 bits per heavy atom. The molecule has 30 heavy (non-hydrogen) atoms. The maximum absolute atomic E-state index is 10.0. The molecule has 1 aromatic carbocycles. The fourth-order valence-electron chi connectivity index (χ4n) is 4.73. The molecule has 1 aliphatic carbocycles. The van der Waals surface area contributed by atoms with Crippen molar-refractivity contribution in [3.8, 4) is 17.7 Å². The van der Waals surface area contributed by atoms with E-state index in [4.69, 9.17) is 9.47 Å². The highest BCUT2D eigenvalue weighted by atomic mass is 16.5. The van der Waals surface area contributed by atoms with E-state index in [1.165, 1.54) is 0 Å². The smallest absolute Gasteiger partial charge is 0.228 e. The molecule has 0 amide bonds. The number of hydrogen-bond acceptors (Lipinski definition) is 7. The Morgan fingerprint density at radius 3 is 2.50 bits per heavy atom. The largest absolute Gasteiger partial charge is 0.497 e. The third kappa shape index (κ3) is 4.05. The number of benzene rings is 1. The van der Waals surface area contributed by atoms with Crippen LogP contribution in [-0.4, -0.2) is 61.3 Å². The van der Waals surface area contributed by atoms with Crippen LogP contribution in [0.2, 0.25) is 0 Å². The minimum Gasteiger partial charge on any atom is -0.497 e. The van der Waals surface area contributed by atoms with Gasteiger partial charge in [-0.3, -0.25) is 4.90 Å². The standard InChI is InChI=1S/C23H29N5O2/c1-29-20-5-3-4-18(16-20)23(17-24)9-6-19(7-10-23)27-12-14-28(15-13-27)22-25-11-8-21(26-22)30-2/h3-5,8,11,16,19H,6-7,9-10,12-15H2,1-2H3. The minimum absolute atomic E-state index is 0.401. The first-order valence-corrected chi connectivity index (χ1v) is 10.6.